The van der Waals surface area contributed by atoms with Crippen LogP contribution in [0.4, 0.5) is 4.79 Å². The number of alkyl carbamates (subject to hydrolysis) is 1. The van der Waals surface area contributed by atoms with Gasteiger partial charge in [0.1, 0.15) is 17.7 Å². The Kier molecular flexibility index (Phi) is 14.6. The number of hydrogen-bond donors (Lipinski definition) is 3. The fourth-order valence-corrected chi connectivity index (χ4v) is 4.20. The van der Waals surface area contributed by atoms with Gasteiger partial charge in [0.2, 0.25) is 17.7 Å². The summed E-state index contributed by atoms with van der Waals surface area (Å²) in [6, 6.07) is 3.50. The number of nitrogens with two attached hydrogens (primary N) is 1. The molecule has 4 N–H and O–H groups in total. The molecule has 1 aromatic carbocycles. The first kappa shape index (κ1) is 33.9. The van der Waals surface area contributed by atoms with Crippen molar-refractivity contribution in [1.29, 1.82) is 0 Å². The zero-order valence-electron chi connectivity index (χ0n) is 25.0. The van der Waals surface area contributed by atoms with E-state index in [1.807, 2.05) is 39.0 Å². The molecule has 0 radical (unpaired) electrons. The van der Waals surface area contributed by atoms with Crippen molar-refractivity contribution in [3.05, 3.63) is 34.9 Å². The van der Waals surface area contributed by atoms with E-state index in [9.17, 15) is 19.2 Å². The minimum Gasteiger partial charge on any atom is -0.444 e. The van der Waals surface area contributed by atoms with Crippen molar-refractivity contribution >= 4 is 23.8 Å². The lowest BCUT2D eigenvalue weighted by molar-refractivity contribution is -0.143. The highest BCUT2D eigenvalue weighted by Gasteiger charge is 2.36. The van der Waals surface area contributed by atoms with E-state index >= 15 is 0 Å². The molecule has 0 aromatic heterocycles. The van der Waals surface area contributed by atoms with E-state index < -0.39 is 42.0 Å². The summed E-state index contributed by atoms with van der Waals surface area (Å²) in [4.78, 5) is 53.7. The number of carbonyl (C=O) groups excluding carboxylic acids is 4. The van der Waals surface area contributed by atoms with Crippen molar-refractivity contribution in [2.24, 2.45) is 5.73 Å². The second-order valence-corrected chi connectivity index (χ2v) is 11.2. The van der Waals surface area contributed by atoms with Gasteiger partial charge in [0.25, 0.3) is 0 Å². The Bertz CT molecular complexity index is 957. The molecule has 0 fully saturated rings. The molecule has 0 saturated carbocycles. The summed E-state index contributed by atoms with van der Waals surface area (Å²) in [6.45, 7) is 14.0. The molecule has 0 bridgehead atoms. The summed E-state index contributed by atoms with van der Waals surface area (Å²) in [5.74, 6) is -1.60. The number of hydrogen-bond acceptors (Lipinski definition) is 5. The van der Waals surface area contributed by atoms with Gasteiger partial charge in [0.15, 0.2) is 0 Å². The van der Waals surface area contributed by atoms with Crippen LogP contribution in [0.1, 0.15) is 109 Å². The van der Waals surface area contributed by atoms with Gasteiger partial charge in [0.05, 0.1) is 6.42 Å². The van der Waals surface area contributed by atoms with Gasteiger partial charge in [-0.2, -0.15) is 0 Å². The van der Waals surface area contributed by atoms with Crippen LogP contribution in [0.5, 0.6) is 0 Å². The number of rotatable bonds is 16. The number of primary amides is 1. The zero-order chi connectivity index (χ0) is 29.6. The summed E-state index contributed by atoms with van der Waals surface area (Å²) in [6.07, 6.45) is 5.19. The standard InChI is InChI=1S/C30H50N4O5/c1-8-10-12-13-14-18-34(28(37)24(20-25(31)35)33-29(38)39-30(5,6)7)26(27(36)32-17-11-9-2)23-16-15-21(3)22(4)19-23/h15-16,19,24,26H,8-14,17-18,20H2,1-7H3,(H2,31,35)(H,32,36)(H,33,38). The minimum absolute atomic E-state index is 0.284. The number of benzene rings is 1. The van der Waals surface area contributed by atoms with Crippen molar-refractivity contribution in [3.63, 3.8) is 0 Å². The van der Waals surface area contributed by atoms with E-state index in [-0.39, 0.29) is 12.5 Å². The van der Waals surface area contributed by atoms with Crippen molar-refractivity contribution in [3.8, 4) is 0 Å². The third kappa shape index (κ3) is 12.5. The van der Waals surface area contributed by atoms with E-state index in [1.165, 1.54) is 4.90 Å². The highest BCUT2D eigenvalue weighted by molar-refractivity contribution is 5.94. The number of amides is 4. The van der Waals surface area contributed by atoms with E-state index in [0.29, 0.717) is 18.5 Å². The maximum Gasteiger partial charge on any atom is 0.408 e. The number of unbranched alkanes of at least 4 members (excludes halogenated alkanes) is 5. The second-order valence-electron chi connectivity index (χ2n) is 11.2. The first-order valence-corrected chi connectivity index (χ1v) is 14.2. The summed E-state index contributed by atoms with van der Waals surface area (Å²) in [7, 11) is 0. The van der Waals surface area contributed by atoms with Crippen molar-refractivity contribution in [2.45, 2.75) is 118 Å². The Labute approximate surface area is 234 Å². The van der Waals surface area contributed by atoms with Gasteiger partial charge in [-0.3, -0.25) is 14.4 Å². The molecule has 1 aromatic rings. The van der Waals surface area contributed by atoms with Crippen LogP contribution >= 0.6 is 0 Å². The Balaban J connectivity index is 3.49. The first-order valence-electron chi connectivity index (χ1n) is 14.2. The molecule has 0 saturated heterocycles. The Hall–Kier alpha value is -3.10. The van der Waals surface area contributed by atoms with Crippen molar-refractivity contribution in [1.82, 2.24) is 15.5 Å². The lowest BCUT2D eigenvalue weighted by Crippen LogP contribution is -2.54. The molecule has 0 heterocycles. The summed E-state index contributed by atoms with van der Waals surface area (Å²) in [5.41, 5.74) is 7.41. The zero-order valence-corrected chi connectivity index (χ0v) is 25.0. The molecule has 2 unspecified atom stereocenters. The summed E-state index contributed by atoms with van der Waals surface area (Å²) < 4.78 is 5.34. The minimum atomic E-state index is -1.27. The molecule has 2 atom stereocenters. The summed E-state index contributed by atoms with van der Waals surface area (Å²) >= 11 is 0. The lowest BCUT2D eigenvalue weighted by atomic mass is 9.97. The van der Waals surface area contributed by atoms with Crippen LogP contribution in [-0.2, 0) is 19.1 Å². The second kappa shape index (κ2) is 16.8. The number of nitrogens with zero attached hydrogens (tertiary/aromatic N) is 1. The van der Waals surface area contributed by atoms with E-state index in [4.69, 9.17) is 10.5 Å². The Morgan fingerprint density at radius 1 is 0.949 bits per heavy atom. The van der Waals surface area contributed by atoms with Gasteiger partial charge in [-0.1, -0.05) is 64.2 Å². The molecule has 0 spiro atoms. The highest BCUT2D eigenvalue weighted by atomic mass is 16.6. The highest BCUT2D eigenvalue weighted by Crippen LogP contribution is 2.26. The number of nitrogens with one attached hydrogen (secondary N) is 2. The molecular weight excluding hydrogens is 496 g/mol. The molecular formula is C30H50N4O5. The molecule has 9 heteroatoms. The Morgan fingerprint density at radius 3 is 2.15 bits per heavy atom. The van der Waals surface area contributed by atoms with Crippen LogP contribution in [0, 0.1) is 13.8 Å². The Morgan fingerprint density at radius 2 is 1.59 bits per heavy atom. The van der Waals surface area contributed by atoms with Gasteiger partial charge < -0.3 is 26.0 Å². The maximum absolute atomic E-state index is 14.1. The molecule has 220 valence electrons. The quantitative estimate of drug-likeness (QED) is 0.256. The first-order chi connectivity index (χ1) is 18.3. The average Bonchev–Trinajstić information content (AvgIpc) is 2.83. The van der Waals surface area contributed by atoms with Crippen LogP contribution in [0.3, 0.4) is 0 Å². The normalized spacial score (nSPS) is 12.8. The van der Waals surface area contributed by atoms with Gasteiger partial charge >= 0.3 is 6.09 Å². The average molecular weight is 547 g/mol. The molecule has 9 nitrogen and oxygen atoms in total. The van der Waals surface area contributed by atoms with Crippen LogP contribution < -0.4 is 16.4 Å². The number of aryl methyl sites for hydroxylation is 2. The molecule has 0 aliphatic rings. The smallest absolute Gasteiger partial charge is 0.408 e. The van der Waals surface area contributed by atoms with E-state index in [1.54, 1.807) is 20.8 Å². The fourth-order valence-electron chi connectivity index (χ4n) is 4.20. The largest absolute Gasteiger partial charge is 0.444 e. The maximum atomic E-state index is 14.1. The predicted molar refractivity (Wildman–Crippen MR) is 154 cm³/mol. The van der Waals surface area contributed by atoms with Gasteiger partial charge in [-0.05, 0) is 64.2 Å². The number of carbonyl (C=O) groups is 4. The third-order valence-electron chi connectivity index (χ3n) is 6.42. The van der Waals surface area contributed by atoms with Crippen LogP contribution in [0.25, 0.3) is 0 Å². The third-order valence-corrected chi connectivity index (χ3v) is 6.42. The molecule has 4 amide bonds. The topological polar surface area (TPSA) is 131 Å². The predicted octanol–water partition coefficient (Wildman–Crippen LogP) is 4.83. The fraction of sp³-hybridized carbons (Fsp3) is 0.667. The van der Waals surface area contributed by atoms with Gasteiger partial charge in [-0.15, -0.1) is 0 Å². The van der Waals surface area contributed by atoms with E-state index in [2.05, 4.69) is 17.6 Å². The molecule has 39 heavy (non-hydrogen) atoms. The van der Waals surface area contributed by atoms with Crippen LogP contribution in [0.2, 0.25) is 0 Å². The van der Waals surface area contributed by atoms with Crippen molar-refractivity contribution in [2.75, 3.05) is 13.1 Å². The monoisotopic (exact) mass is 546 g/mol. The summed E-state index contributed by atoms with van der Waals surface area (Å²) in [5, 5.41) is 5.51. The van der Waals surface area contributed by atoms with Gasteiger partial charge in [-0.25, -0.2) is 4.79 Å². The molecule has 0 aliphatic heterocycles. The van der Waals surface area contributed by atoms with Crippen LogP contribution in [-0.4, -0.2) is 53.4 Å². The molecule has 1 rings (SSSR count). The SMILES string of the molecule is CCCCCCCN(C(=O)C(CC(N)=O)NC(=O)OC(C)(C)C)C(C(=O)NCCCC)c1ccc(C)c(C)c1. The van der Waals surface area contributed by atoms with E-state index in [0.717, 1.165) is 49.7 Å². The van der Waals surface area contributed by atoms with Crippen molar-refractivity contribution < 1.29 is 23.9 Å². The number of ether oxygens (including phenoxy) is 1. The molecule has 0 aliphatic carbocycles. The van der Waals surface area contributed by atoms with Crippen LogP contribution in [0.15, 0.2) is 18.2 Å². The lowest BCUT2D eigenvalue weighted by Gasteiger charge is -2.34. The van der Waals surface area contributed by atoms with Gasteiger partial charge in [0, 0.05) is 13.1 Å².